The molecule has 0 unspecified atom stereocenters. The molecule has 0 radical (unpaired) electrons. The number of ether oxygens (including phenoxy) is 1. The van der Waals surface area contributed by atoms with Gasteiger partial charge in [-0.05, 0) is 25.8 Å². The fourth-order valence-electron chi connectivity index (χ4n) is 2.60. The predicted molar refractivity (Wildman–Crippen MR) is 55.7 cm³/mol. The molecule has 0 spiro atoms. The summed E-state index contributed by atoms with van der Waals surface area (Å²) in [6.45, 7) is 13.2. The van der Waals surface area contributed by atoms with Crippen LogP contribution in [-0.2, 0) is 4.74 Å². The molecule has 2 heteroatoms. The third kappa shape index (κ3) is 1.62. The molecular weight excluding hydrogens is 162 g/mol. The smallest absolute Gasteiger partial charge is 0.124 e. The van der Waals surface area contributed by atoms with E-state index >= 15 is 0 Å². The Kier molecular flexibility index (Phi) is 3.36. The first-order valence-corrected chi connectivity index (χ1v) is 5.49. The van der Waals surface area contributed by atoms with Crippen molar-refractivity contribution in [3.63, 3.8) is 0 Å². The number of hydrogen-bond donors (Lipinski definition) is 0. The zero-order valence-corrected chi connectivity index (χ0v) is 9.63. The summed E-state index contributed by atoms with van der Waals surface area (Å²) in [5.74, 6) is 0.572. The molecule has 0 N–H and O–H groups in total. The Morgan fingerprint density at radius 3 is 2.38 bits per heavy atom. The van der Waals surface area contributed by atoms with E-state index in [0.29, 0.717) is 12.0 Å². The third-order valence-corrected chi connectivity index (χ3v) is 3.34. The first-order valence-electron chi connectivity index (χ1n) is 5.49. The summed E-state index contributed by atoms with van der Waals surface area (Å²) in [7, 11) is 0. The van der Waals surface area contributed by atoms with Gasteiger partial charge in [-0.15, -0.1) is 0 Å². The molecule has 2 nitrogen and oxygen atoms in total. The zero-order chi connectivity index (χ0) is 10.1. The van der Waals surface area contributed by atoms with Gasteiger partial charge in [0.1, 0.15) is 5.72 Å². The molecule has 0 amide bonds. The van der Waals surface area contributed by atoms with Crippen LogP contribution in [0.3, 0.4) is 0 Å². The summed E-state index contributed by atoms with van der Waals surface area (Å²) in [6, 6.07) is 0.576. The summed E-state index contributed by atoms with van der Waals surface area (Å²) < 4.78 is 5.99. The van der Waals surface area contributed by atoms with E-state index in [1.807, 2.05) is 0 Å². The summed E-state index contributed by atoms with van der Waals surface area (Å²) in [6.07, 6.45) is 1.09. The summed E-state index contributed by atoms with van der Waals surface area (Å²) in [5.41, 5.74) is 0.00810. The van der Waals surface area contributed by atoms with Crippen LogP contribution >= 0.6 is 0 Å². The van der Waals surface area contributed by atoms with Crippen molar-refractivity contribution in [3.8, 4) is 0 Å². The minimum absolute atomic E-state index is 0.00810. The van der Waals surface area contributed by atoms with Crippen molar-refractivity contribution in [2.45, 2.75) is 52.8 Å². The van der Waals surface area contributed by atoms with Crippen LogP contribution in [0.5, 0.6) is 0 Å². The Morgan fingerprint density at radius 2 is 2.08 bits per heavy atom. The van der Waals surface area contributed by atoms with E-state index in [2.05, 4.69) is 39.5 Å². The van der Waals surface area contributed by atoms with E-state index < -0.39 is 0 Å². The zero-order valence-electron chi connectivity index (χ0n) is 9.63. The van der Waals surface area contributed by atoms with Gasteiger partial charge < -0.3 is 4.74 Å². The average Bonchev–Trinajstić information content (AvgIpc) is 2.43. The molecule has 0 bridgehead atoms. The Morgan fingerprint density at radius 1 is 1.46 bits per heavy atom. The lowest BCUT2D eigenvalue weighted by Gasteiger charge is -2.40. The Balaban J connectivity index is 2.85. The van der Waals surface area contributed by atoms with Crippen molar-refractivity contribution >= 4 is 0 Å². The molecule has 1 aliphatic heterocycles. The lowest BCUT2D eigenvalue weighted by molar-refractivity contribution is -0.120. The second-order valence-electron chi connectivity index (χ2n) is 4.30. The quantitative estimate of drug-likeness (QED) is 0.670. The van der Waals surface area contributed by atoms with Crippen molar-refractivity contribution in [1.82, 2.24) is 4.90 Å². The van der Waals surface area contributed by atoms with Gasteiger partial charge in [-0.2, -0.15) is 0 Å². The minimum atomic E-state index is 0.00810. The van der Waals surface area contributed by atoms with Gasteiger partial charge in [0, 0.05) is 6.04 Å². The monoisotopic (exact) mass is 185 g/mol. The molecule has 0 aromatic rings. The summed E-state index contributed by atoms with van der Waals surface area (Å²) in [5, 5.41) is 0. The maximum Gasteiger partial charge on any atom is 0.124 e. The van der Waals surface area contributed by atoms with Gasteiger partial charge in [0.25, 0.3) is 0 Å². The molecule has 0 aliphatic carbocycles. The van der Waals surface area contributed by atoms with Crippen LogP contribution in [0.4, 0.5) is 0 Å². The van der Waals surface area contributed by atoms with E-state index in [-0.39, 0.29) is 5.72 Å². The van der Waals surface area contributed by atoms with E-state index in [9.17, 15) is 0 Å². The van der Waals surface area contributed by atoms with Crippen LogP contribution in [0, 0.1) is 5.92 Å². The predicted octanol–water partition coefficient (Wildman–Crippen LogP) is 2.49. The van der Waals surface area contributed by atoms with Gasteiger partial charge in [-0.1, -0.05) is 27.7 Å². The maximum absolute atomic E-state index is 5.99. The second-order valence-corrected chi connectivity index (χ2v) is 4.30. The normalized spacial score (nSPS) is 36.0. The molecule has 0 saturated carbocycles. The van der Waals surface area contributed by atoms with Crippen LogP contribution in [0.15, 0.2) is 0 Å². The molecule has 1 rings (SSSR count). The first-order chi connectivity index (χ1) is 6.08. The van der Waals surface area contributed by atoms with E-state index in [1.54, 1.807) is 0 Å². The molecule has 1 fully saturated rings. The van der Waals surface area contributed by atoms with E-state index in [1.165, 1.54) is 0 Å². The maximum atomic E-state index is 5.99. The van der Waals surface area contributed by atoms with Crippen molar-refractivity contribution in [3.05, 3.63) is 0 Å². The molecular formula is C11H23NO. The van der Waals surface area contributed by atoms with E-state index in [4.69, 9.17) is 4.74 Å². The Hall–Kier alpha value is -0.0800. The van der Waals surface area contributed by atoms with Crippen molar-refractivity contribution < 1.29 is 4.74 Å². The van der Waals surface area contributed by atoms with Crippen LogP contribution in [-0.4, -0.2) is 29.8 Å². The molecule has 78 valence electrons. The Labute approximate surface area is 82.3 Å². The van der Waals surface area contributed by atoms with Crippen molar-refractivity contribution in [1.29, 1.82) is 0 Å². The molecule has 1 saturated heterocycles. The summed E-state index contributed by atoms with van der Waals surface area (Å²) >= 11 is 0. The lowest BCUT2D eigenvalue weighted by atomic mass is 9.95. The van der Waals surface area contributed by atoms with Gasteiger partial charge in [-0.3, -0.25) is 4.90 Å². The molecule has 13 heavy (non-hydrogen) atoms. The molecule has 0 aromatic heterocycles. The fraction of sp³-hybridized carbons (Fsp3) is 1.00. The topological polar surface area (TPSA) is 12.5 Å². The van der Waals surface area contributed by atoms with Gasteiger partial charge in [0.2, 0.25) is 0 Å². The van der Waals surface area contributed by atoms with Crippen LogP contribution in [0.2, 0.25) is 0 Å². The molecule has 2 atom stereocenters. The molecule has 1 aliphatic rings. The van der Waals surface area contributed by atoms with Crippen molar-refractivity contribution in [2.75, 3.05) is 13.2 Å². The number of rotatable bonds is 3. The molecule has 1 heterocycles. The van der Waals surface area contributed by atoms with Crippen LogP contribution in [0.25, 0.3) is 0 Å². The van der Waals surface area contributed by atoms with Gasteiger partial charge in [0.05, 0.1) is 6.61 Å². The number of nitrogens with zero attached hydrogens (tertiary/aromatic N) is 1. The van der Waals surface area contributed by atoms with E-state index in [0.717, 1.165) is 19.6 Å². The lowest BCUT2D eigenvalue weighted by Crippen LogP contribution is -2.50. The largest absolute Gasteiger partial charge is 0.359 e. The third-order valence-electron chi connectivity index (χ3n) is 3.34. The Bertz CT molecular complexity index is 169. The number of hydrogen-bond acceptors (Lipinski definition) is 2. The minimum Gasteiger partial charge on any atom is -0.359 e. The van der Waals surface area contributed by atoms with Crippen LogP contribution < -0.4 is 0 Å². The highest BCUT2D eigenvalue weighted by Crippen LogP contribution is 2.36. The van der Waals surface area contributed by atoms with Gasteiger partial charge in [0.15, 0.2) is 0 Å². The standard InChI is InChI=1S/C11H23NO/c1-6-11(9(3)4)12(7-2)10(5)8-13-11/h9-10H,6-8H2,1-5H3/t10-,11+/m0/s1. The summed E-state index contributed by atoms with van der Waals surface area (Å²) in [4.78, 5) is 2.50. The average molecular weight is 185 g/mol. The highest BCUT2D eigenvalue weighted by molar-refractivity contribution is 4.91. The van der Waals surface area contributed by atoms with Gasteiger partial charge in [-0.25, -0.2) is 0 Å². The van der Waals surface area contributed by atoms with Crippen molar-refractivity contribution in [2.24, 2.45) is 5.92 Å². The first kappa shape index (κ1) is 11.0. The fourth-order valence-corrected chi connectivity index (χ4v) is 2.60. The van der Waals surface area contributed by atoms with Gasteiger partial charge >= 0.3 is 0 Å². The molecule has 0 aromatic carbocycles. The van der Waals surface area contributed by atoms with Crippen LogP contribution in [0.1, 0.15) is 41.0 Å². The SMILES string of the molecule is CCN1[C@@H](C)CO[C@]1(CC)C(C)C. The second kappa shape index (κ2) is 3.97. The number of likely N-dealkylation sites (N-methyl/N-ethyl adjacent to an activating group) is 1. The highest BCUT2D eigenvalue weighted by atomic mass is 16.5. The highest BCUT2D eigenvalue weighted by Gasteiger charge is 2.45.